The van der Waals surface area contributed by atoms with Crippen LogP contribution in [0.5, 0.6) is 0 Å². The molecule has 5 heteroatoms. The van der Waals surface area contributed by atoms with Gasteiger partial charge in [0.15, 0.2) is 0 Å². The number of carbonyl (C=O) groups excluding carboxylic acids is 1. The van der Waals surface area contributed by atoms with Crippen LogP contribution in [0, 0.1) is 0 Å². The third kappa shape index (κ3) is 3.28. The Labute approximate surface area is 150 Å². The summed E-state index contributed by atoms with van der Waals surface area (Å²) in [6.45, 7) is 0.447. The molecule has 3 aromatic heterocycles. The predicted octanol–water partition coefficient (Wildman–Crippen LogP) is 3.62. The van der Waals surface area contributed by atoms with Crippen molar-refractivity contribution in [2.45, 2.75) is 6.54 Å². The van der Waals surface area contributed by atoms with E-state index < -0.39 is 0 Å². The van der Waals surface area contributed by atoms with Crippen LogP contribution in [-0.2, 0) is 6.54 Å². The van der Waals surface area contributed by atoms with Gasteiger partial charge < -0.3 is 5.32 Å². The van der Waals surface area contributed by atoms with E-state index >= 15 is 0 Å². The third-order valence-electron chi connectivity index (χ3n) is 4.14. The van der Waals surface area contributed by atoms with Gasteiger partial charge in [-0.15, -0.1) is 0 Å². The fourth-order valence-electron chi connectivity index (χ4n) is 2.81. The molecule has 0 unspecified atom stereocenters. The molecule has 0 bridgehead atoms. The maximum Gasteiger partial charge on any atom is 0.252 e. The lowest BCUT2D eigenvalue weighted by Gasteiger charge is -2.10. The molecular formula is C21H16N4O. The molecule has 0 atom stereocenters. The summed E-state index contributed by atoms with van der Waals surface area (Å²) in [7, 11) is 0. The van der Waals surface area contributed by atoms with Gasteiger partial charge in [0.2, 0.25) is 0 Å². The highest BCUT2D eigenvalue weighted by Crippen LogP contribution is 2.24. The summed E-state index contributed by atoms with van der Waals surface area (Å²) in [6.07, 6.45) is 6.86. The van der Waals surface area contributed by atoms with E-state index in [1.807, 2.05) is 54.6 Å². The molecule has 126 valence electrons. The molecule has 0 saturated heterocycles. The first-order valence-corrected chi connectivity index (χ1v) is 8.28. The topological polar surface area (TPSA) is 67.8 Å². The van der Waals surface area contributed by atoms with Crippen molar-refractivity contribution >= 4 is 16.8 Å². The number of nitrogens with one attached hydrogen (secondary N) is 1. The van der Waals surface area contributed by atoms with Gasteiger partial charge in [0, 0.05) is 42.3 Å². The highest BCUT2D eigenvalue weighted by molar-refractivity contribution is 6.07. The minimum absolute atomic E-state index is 0.129. The molecule has 3 heterocycles. The van der Waals surface area contributed by atoms with Crippen molar-refractivity contribution in [2.24, 2.45) is 0 Å². The predicted molar refractivity (Wildman–Crippen MR) is 100 cm³/mol. The average molecular weight is 340 g/mol. The van der Waals surface area contributed by atoms with E-state index in [2.05, 4.69) is 15.3 Å². The molecule has 4 rings (SSSR count). The lowest BCUT2D eigenvalue weighted by atomic mass is 10.0. The van der Waals surface area contributed by atoms with E-state index in [4.69, 9.17) is 4.98 Å². The van der Waals surface area contributed by atoms with Crippen molar-refractivity contribution in [1.29, 1.82) is 0 Å². The van der Waals surface area contributed by atoms with E-state index in [9.17, 15) is 4.79 Å². The second-order valence-corrected chi connectivity index (χ2v) is 5.85. The molecule has 1 N–H and O–H groups in total. The van der Waals surface area contributed by atoms with Crippen LogP contribution in [0.1, 0.15) is 15.9 Å². The molecule has 1 aromatic carbocycles. The first-order valence-electron chi connectivity index (χ1n) is 8.28. The van der Waals surface area contributed by atoms with Gasteiger partial charge in [-0.2, -0.15) is 0 Å². The van der Waals surface area contributed by atoms with E-state index in [0.717, 1.165) is 27.7 Å². The summed E-state index contributed by atoms with van der Waals surface area (Å²) in [4.78, 5) is 25.6. The second kappa shape index (κ2) is 7.11. The molecule has 0 spiro atoms. The largest absolute Gasteiger partial charge is 0.348 e. The number of benzene rings is 1. The van der Waals surface area contributed by atoms with Crippen molar-refractivity contribution in [3.05, 3.63) is 90.5 Å². The minimum atomic E-state index is -0.129. The molecule has 0 aliphatic carbocycles. The Morgan fingerprint density at radius 1 is 0.885 bits per heavy atom. The number of pyridine rings is 3. The Kier molecular flexibility index (Phi) is 4.35. The fraction of sp³-hybridized carbons (Fsp3) is 0.0476. The van der Waals surface area contributed by atoms with Crippen LogP contribution in [0.15, 0.2) is 79.4 Å². The number of fused-ring (bicyclic) bond motifs is 1. The summed E-state index contributed by atoms with van der Waals surface area (Å²) in [5.74, 6) is -0.129. The first kappa shape index (κ1) is 15.9. The Morgan fingerprint density at radius 2 is 1.58 bits per heavy atom. The Hall–Kier alpha value is -3.60. The summed E-state index contributed by atoms with van der Waals surface area (Å²) in [6, 6.07) is 17.0. The molecular weight excluding hydrogens is 324 g/mol. The molecule has 0 aliphatic heterocycles. The number of amides is 1. The Morgan fingerprint density at radius 3 is 2.35 bits per heavy atom. The molecule has 0 radical (unpaired) electrons. The maximum absolute atomic E-state index is 12.8. The number of aromatic nitrogens is 3. The lowest BCUT2D eigenvalue weighted by Crippen LogP contribution is -2.23. The number of nitrogens with zero attached hydrogens (tertiary/aromatic N) is 3. The first-order chi connectivity index (χ1) is 12.8. The monoisotopic (exact) mass is 340 g/mol. The molecule has 4 aromatic rings. The van der Waals surface area contributed by atoms with Gasteiger partial charge in [0.05, 0.1) is 16.8 Å². The van der Waals surface area contributed by atoms with Crippen molar-refractivity contribution in [2.75, 3.05) is 0 Å². The summed E-state index contributed by atoms with van der Waals surface area (Å²) in [5, 5.41) is 3.81. The quantitative estimate of drug-likeness (QED) is 0.616. The van der Waals surface area contributed by atoms with Crippen LogP contribution in [-0.4, -0.2) is 20.9 Å². The van der Waals surface area contributed by atoms with Gasteiger partial charge in [0.1, 0.15) is 0 Å². The van der Waals surface area contributed by atoms with Crippen LogP contribution in [0.3, 0.4) is 0 Å². The van der Waals surface area contributed by atoms with Gasteiger partial charge in [0.25, 0.3) is 5.91 Å². The highest BCUT2D eigenvalue weighted by Gasteiger charge is 2.13. The van der Waals surface area contributed by atoms with E-state index in [1.165, 1.54) is 0 Å². The average Bonchev–Trinajstić information content (AvgIpc) is 2.72. The minimum Gasteiger partial charge on any atom is -0.348 e. The molecule has 0 fully saturated rings. The SMILES string of the molecule is O=C(NCc1ccncc1)c1cc(-c2ccncc2)nc2ccccc12. The summed E-state index contributed by atoms with van der Waals surface area (Å²) >= 11 is 0. The maximum atomic E-state index is 12.8. The van der Waals surface area contributed by atoms with Gasteiger partial charge in [-0.05, 0) is 42.0 Å². The van der Waals surface area contributed by atoms with Crippen LogP contribution in [0.2, 0.25) is 0 Å². The standard InChI is InChI=1S/C21H16N4O/c26-21(24-14-15-5-9-22-10-6-15)18-13-20(16-7-11-23-12-8-16)25-19-4-2-1-3-17(18)19/h1-13H,14H2,(H,24,26). The number of rotatable bonds is 4. The zero-order chi connectivity index (χ0) is 17.8. The molecule has 0 aliphatic rings. The van der Waals surface area contributed by atoms with Crippen molar-refractivity contribution in [3.63, 3.8) is 0 Å². The van der Waals surface area contributed by atoms with Crippen molar-refractivity contribution in [1.82, 2.24) is 20.3 Å². The number of hydrogen-bond acceptors (Lipinski definition) is 4. The molecule has 26 heavy (non-hydrogen) atoms. The third-order valence-corrected chi connectivity index (χ3v) is 4.14. The van der Waals surface area contributed by atoms with Crippen molar-refractivity contribution in [3.8, 4) is 11.3 Å². The molecule has 1 amide bonds. The fourth-order valence-corrected chi connectivity index (χ4v) is 2.81. The van der Waals surface area contributed by atoms with Crippen LogP contribution < -0.4 is 5.32 Å². The Balaban J connectivity index is 1.72. The highest BCUT2D eigenvalue weighted by atomic mass is 16.1. The lowest BCUT2D eigenvalue weighted by molar-refractivity contribution is 0.0952. The van der Waals surface area contributed by atoms with Gasteiger partial charge in [-0.25, -0.2) is 4.98 Å². The summed E-state index contributed by atoms with van der Waals surface area (Å²) in [5.41, 5.74) is 4.07. The van der Waals surface area contributed by atoms with Gasteiger partial charge >= 0.3 is 0 Å². The van der Waals surface area contributed by atoms with Gasteiger partial charge in [-0.1, -0.05) is 18.2 Å². The molecule has 5 nitrogen and oxygen atoms in total. The van der Waals surface area contributed by atoms with Gasteiger partial charge in [-0.3, -0.25) is 14.8 Å². The zero-order valence-electron chi connectivity index (χ0n) is 14.0. The number of para-hydroxylation sites is 1. The smallest absolute Gasteiger partial charge is 0.252 e. The van der Waals surface area contributed by atoms with E-state index in [-0.39, 0.29) is 5.91 Å². The van der Waals surface area contributed by atoms with E-state index in [1.54, 1.807) is 24.8 Å². The van der Waals surface area contributed by atoms with E-state index in [0.29, 0.717) is 12.1 Å². The number of carbonyl (C=O) groups is 1. The van der Waals surface area contributed by atoms with Crippen LogP contribution in [0.25, 0.3) is 22.2 Å². The zero-order valence-corrected chi connectivity index (χ0v) is 14.0. The van der Waals surface area contributed by atoms with Crippen molar-refractivity contribution < 1.29 is 4.79 Å². The summed E-state index contributed by atoms with van der Waals surface area (Å²) < 4.78 is 0. The second-order valence-electron chi connectivity index (χ2n) is 5.85. The van der Waals surface area contributed by atoms with Crippen LogP contribution in [0.4, 0.5) is 0 Å². The molecule has 0 saturated carbocycles. The number of hydrogen-bond donors (Lipinski definition) is 1. The Bertz CT molecular complexity index is 1050. The van der Waals surface area contributed by atoms with Crippen LogP contribution >= 0.6 is 0 Å². The normalized spacial score (nSPS) is 10.6.